The number of thiophene rings is 1. The standard InChI is InChI=1S/C11H12ClN3S/c1-7-4-5-15-10(6-7)13-14-11(15)8-2-3-9(12)16-8/h2-3,7H,4-6H2,1H3. The lowest BCUT2D eigenvalue weighted by atomic mass is 10.0. The van der Waals surface area contributed by atoms with Gasteiger partial charge in [-0.05, 0) is 24.5 Å². The molecule has 0 saturated carbocycles. The van der Waals surface area contributed by atoms with Crippen LogP contribution in [0.15, 0.2) is 12.1 Å². The lowest BCUT2D eigenvalue weighted by Crippen LogP contribution is -2.17. The van der Waals surface area contributed by atoms with Gasteiger partial charge in [-0.15, -0.1) is 21.5 Å². The van der Waals surface area contributed by atoms with Crippen molar-refractivity contribution in [3.63, 3.8) is 0 Å². The van der Waals surface area contributed by atoms with Gasteiger partial charge in [-0.2, -0.15) is 0 Å². The Kier molecular flexibility index (Phi) is 2.48. The third-order valence-corrected chi connectivity index (χ3v) is 4.22. The van der Waals surface area contributed by atoms with Crippen LogP contribution in [0.3, 0.4) is 0 Å². The summed E-state index contributed by atoms with van der Waals surface area (Å²) in [6.45, 7) is 3.29. The molecular weight excluding hydrogens is 242 g/mol. The van der Waals surface area contributed by atoms with Crippen molar-refractivity contribution in [2.75, 3.05) is 0 Å². The number of rotatable bonds is 1. The highest BCUT2D eigenvalue weighted by atomic mass is 35.5. The van der Waals surface area contributed by atoms with E-state index < -0.39 is 0 Å². The molecule has 0 fully saturated rings. The van der Waals surface area contributed by atoms with Gasteiger partial charge in [0.1, 0.15) is 5.82 Å². The van der Waals surface area contributed by atoms with E-state index >= 15 is 0 Å². The van der Waals surface area contributed by atoms with Crippen LogP contribution >= 0.6 is 22.9 Å². The van der Waals surface area contributed by atoms with Crippen LogP contribution in [-0.4, -0.2) is 14.8 Å². The molecule has 16 heavy (non-hydrogen) atoms. The van der Waals surface area contributed by atoms with Gasteiger partial charge in [-0.25, -0.2) is 0 Å². The van der Waals surface area contributed by atoms with E-state index in [0.717, 1.165) is 39.7 Å². The Hall–Kier alpha value is -0.870. The fourth-order valence-corrected chi connectivity index (χ4v) is 3.14. The smallest absolute Gasteiger partial charge is 0.174 e. The minimum atomic E-state index is 0.719. The molecule has 2 aromatic rings. The summed E-state index contributed by atoms with van der Waals surface area (Å²) in [7, 11) is 0. The first kappa shape index (κ1) is 10.3. The van der Waals surface area contributed by atoms with Gasteiger partial charge in [0.2, 0.25) is 0 Å². The molecule has 3 heterocycles. The fraction of sp³-hybridized carbons (Fsp3) is 0.455. The monoisotopic (exact) mass is 253 g/mol. The van der Waals surface area contributed by atoms with Crippen LogP contribution < -0.4 is 0 Å². The molecule has 5 heteroatoms. The van der Waals surface area contributed by atoms with E-state index in [1.807, 2.05) is 12.1 Å². The Balaban J connectivity index is 2.03. The van der Waals surface area contributed by atoms with Crippen molar-refractivity contribution in [2.45, 2.75) is 26.3 Å². The number of hydrogen-bond donors (Lipinski definition) is 0. The van der Waals surface area contributed by atoms with Crippen LogP contribution in [0.2, 0.25) is 4.34 Å². The first-order valence-electron chi connectivity index (χ1n) is 5.42. The van der Waals surface area contributed by atoms with Crippen LogP contribution in [0.25, 0.3) is 10.7 Å². The second kappa shape index (κ2) is 3.86. The molecule has 3 nitrogen and oxygen atoms in total. The highest BCUT2D eigenvalue weighted by Crippen LogP contribution is 2.32. The van der Waals surface area contributed by atoms with Gasteiger partial charge in [0, 0.05) is 13.0 Å². The van der Waals surface area contributed by atoms with Gasteiger partial charge >= 0.3 is 0 Å². The van der Waals surface area contributed by atoms with Gasteiger partial charge in [0.05, 0.1) is 9.21 Å². The van der Waals surface area contributed by atoms with Gasteiger partial charge in [0.15, 0.2) is 5.82 Å². The summed E-state index contributed by atoms with van der Waals surface area (Å²) in [6, 6.07) is 3.93. The quantitative estimate of drug-likeness (QED) is 0.781. The zero-order valence-corrected chi connectivity index (χ0v) is 10.6. The molecule has 0 spiro atoms. The van der Waals surface area contributed by atoms with Crippen LogP contribution in [0.1, 0.15) is 19.2 Å². The average molecular weight is 254 g/mol. The van der Waals surface area contributed by atoms with E-state index in [1.165, 1.54) is 6.42 Å². The van der Waals surface area contributed by atoms with Crippen LogP contribution in [0.4, 0.5) is 0 Å². The van der Waals surface area contributed by atoms with Crippen molar-refractivity contribution < 1.29 is 0 Å². The first-order valence-corrected chi connectivity index (χ1v) is 6.61. The molecule has 0 amide bonds. The Morgan fingerprint density at radius 3 is 3.06 bits per heavy atom. The molecule has 1 aliphatic heterocycles. The Morgan fingerprint density at radius 2 is 2.31 bits per heavy atom. The summed E-state index contributed by atoms with van der Waals surface area (Å²) < 4.78 is 3.03. The topological polar surface area (TPSA) is 30.7 Å². The van der Waals surface area contributed by atoms with E-state index in [1.54, 1.807) is 11.3 Å². The van der Waals surface area contributed by atoms with Crippen LogP contribution in [0.5, 0.6) is 0 Å². The highest BCUT2D eigenvalue weighted by molar-refractivity contribution is 7.19. The molecule has 1 atom stereocenters. The summed E-state index contributed by atoms with van der Waals surface area (Å²) in [5.41, 5.74) is 0. The third kappa shape index (κ3) is 1.66. The highest BCUT2D eigenvalue weighted by Gasteiger charge is 2.21. The zero-order valence-electron chi connectivity index (χ0n) is 8.98. The first-order chi connectivity index (χ1) is 7.74. The predicted octanol–water partition coefficient (Wildman–Crippen LogP) is 3.24. The minimum absolute atomic E-state index is 0.719. The summed E-state index contributed by atoms with van der Waals surface area (Å²) in [5.74, 6) is 2.80. The van der Waals surface area contributed by atoms with Crippen molar-refractivity contribution in [2.24, 2.45) is 5.92 Å². The lowest BCUT2D eigenvalue weighted by molar-refractivity contribution is 0.411. The Morgan fingerprint density at radius 1 is 1.44 bits per heavy atom. The maximum atomic E-state index is 5.94. The normalized spacial score (nSPS) is 19.8. The zero-order chi connectivity index (χ0) is 11.1. The summed E-state index contributed by atoms with van der Waals surface area (Å²) in [4.78, 5) is 1.11. The van der Waals surface area contributed by atoms with E-state index in [4.69, 9.17) is 11.6 Å². The van der Waals surface area contributed by atoms with E-state index in [0.29, 0.717) is 0 Å². The Labute approximate surface area is 103 Å². The summed E-state index contributed by atoms with van der Waals surface area (Å²) in [5, 5.41) is 8.55. The number of aromatic nitrogens is 3. The second-order valence-corrected chi connectivity index (χ2v) is 6.01. The maximum absolute atomic E-state index is 5.94. The molecule has 0 aromatic carbocycles. The molecule has 84 valence electrons. The molecule has 0 radical (unpaired) electrons. The lowest BCUT2D eigenvalue weighted by Gasteiger charge is -2.19. The van der Waals surface area contributed by atoms with Crippen LogP contribution in [-0.2, 0) is 13.0 Å². The SMILES string of the molecule is CC1CCn2c(nnc2-c2ccc(Cl)s2)C1. The van der Waals surface area contributed by atoms with Gasteiger partial charge < -0.3 is 4.57 Å². The van der Waals surface area contributed by atoms with E-state index in [-0.39, 0.29) is 0 Å². The number of hydrogen-bond acceptors (Lipinski definition) is 3. The third-order valence-electron chi connectivity index (χ3n) is 3.00. The van der Waals surface area contributed by atoms with Gasteiger partial charge in [-0.1, -0.05) is 18.5 Å². The van der Waals surface area contributed by atoms with Gasteiger partial charge in [0.25, 0.3) is 0 Å². The van der Waals surface area contributed by atoms with Crippen molar-refractivity contribution in [3.05, 3.63) is 22.3 Å². The molecule has 0 aliphatic carbocycles. The van der Waals surface area contributed by atoms with E-state index in [9.17, 15) is 0 Å². The number of nitrogens with zero attached hydrogens (tertiary/aromatic N) is 3. The average Bonchev–Trinajstić information content (AvgIpc) is 2.83. The summed E-state index contributed by atoms with van der Waals surface area (Å²) >= 11 is 7.51. The molecule has 1 aliphatic rings. The molecule has 0 saturated heterocycles. The predicted molar refractivity (Wildman–Crippen MR) is 65.8 cm³/mol. The van der Waals surface area contributed by atoms with Crippen molar-refractivity contribution in [1.29, 1.82) is 0 Å². The van der Waals surface area contributed by atoms with Crippen LogP contribution in [0, 0.1) is 5.92 Å². The molecule has 0 bridgehead atoms. The summed E-state index contributed by atoms with van der Waals surface area (Å²) in [6.07, 6.45) is 2.24. The molecule has 3 rings (SSSR count). The molecule has 2 aromatic heterocycles. The van der Waals surface area contributed by atoms with E-state index in [2.05, 4.69) is 21.7 Å². The van der Waals surface area contributed by atoms with Gasteiger partial charge in [-0.3, -0.25) is 0 Å². The fourth-order valence-electron chi connectivity index (χ4n) is 2.10. The molecular formula is C11H12ClN3S. The minimum Gasteiger partial charge on any atom is -0.310 e. The molecule has 0 N–H and O–H groups in total. The number of fused-ring (bicyclic) bond motifs is 1. The maximum Gasteiger partial charge on any atom is 0.174 e. The molecule has 1 unspecified atom stereocenters. The number of halogens is 1. The Bertz CT molecular complexity index is 517. The van der Waals surface area contributed by atoms with Crippen molar-refractivity contribution in [3.8, 4) is 10.7 Å². The van der Waals surface area contributed by atoms with Crippen molar-refractivity contribution in [1.82, 2.24) is 14.8 Å². The largest absolute Gasteiger partial charge is 0.310 e. The second-order valence-electron chi connectivity index (χ2n) is 4.29. The van der Waals surface area contributed by atoms with Crippen molar-refractivity contribution >= 4 is 22.9 Å².